The SMILES string of the molecule is CCCc1ccnc2no[n+]([O-])c12. The third kappa shape index (κ3) is 1.22. The van der Waals surface area contributed by atoms with E-state index >= 15 is 0 Å². The Hall–Kier alpha value is -1.65. The first kappa shape index (κ1) is 7.97. The molecule has 0 amide bonds. The van der Waals surface area contributed by atoms with E-state index in [-0.39, 0.29) is 0 Å². The highest BCUT2D eigenvalue weighted by atomic mass is 16.8. The van der Waals surface area contributed by atoms with Gasteiger partial charge in [0.15, 0.2) is 0 Å². The van der Waals surface area contributed by atoms with Gasteiger partial charge in [-0.25, -0.2) is 4.98 Å². The van der Waals surface area contributed by atoms with Gasteiger partial charge in [-0.2, -0.15) is 0 Å². The van der Waals surface area contributed by atoms with Crippen molar-refractivity contribution in [2.45, 2.75) is 19.8 Å². The highest BCUT2D eigenvalue weighted by Gasteiger charge is 2.14. The van der Waals surface area contributed by atoms with Crippen LogP contribution in [0.2, 0.25) is 0 Å². The summed E-state index contributed by atoms with van der Waals surface area (Å²) in [5, 5.41) is 14.6. The molecule has 2 heterocycles. The van der Waals surface area contributed by atoms with Gasteiger partial charge in [-0.1, -0.05) is 13.3 Å². The molecule has 0 aromatic carbocycles. The normalized spacial score (nSPS) is 10.8. The first-order valence-electron chi connectivity index (χ1n) is 4.16. The van der Waals surface area contributed by atoms with Crippen LogP contribution in [-0.2, 0) is 6.42 Å². The van der Waals surface area contributed by atoms with E-state index in [0.29, 0.717) is 16.1 Å². The summed E-state index contributed by atoms with van der Waals surface area (Å²) in [6.07, 6.45) is 3.45. The number of hydrogen-bond acceptors (Lipinski definition) is 4. The molecule has 0 N–H and O–H groups in total. The Balaban J connectivity index is 2.65. The second kappa shape index (κ2) is 3.01. The van der Waals surface area contributed by atoms with E-state index in [2.05, 4.69) is 21.7 Å². The fourth-order valence-electron chi connectivity index (χ4n) is 1.33. The quantitative estimate of drug-likeness (QED) is 0.640. The summed E-state index contributed by atoms with van der Waals surface area (Å²) < 4.78 is 4.45. The fraction of sp³-hybridized carbons (Fsp3) is 0.375. The van der Waals surface area contributed by atoms with E-state index in [0.717, 1.165) is 18.4 Å². The van der Waals surface area contributed by atoms with Crippen LogP contribution in [0.25, 0.3) is 11.2 Å². The molecule has 0 bridgehead atoms. The van der Waals surface area contributed by atoms with Gasteiger partial charge >= 0.3 is 5.65 Å². The van der Waals surface area contributed by atoms with E-state index in [4.69, 9.17) is 0 Å². The maximum absolute atomic E-state index is 11.1. The molecule has 0 aliphatic carbocycles. The molecule has 2 aromatic heterocycles. The summed E-state index contributed by atoms with van der Waals surface area (Å²) in [5.74, 6) is 0. The number of pyridine rings is 1. The van der Waals surface area contributed by atoms with Gasteiger partial charge in [0.25, 0.3) is 0 Å². The van der Waals surface area contributed by atoms with Gasteiger partial charge in [-0.05, 0) is 17.4 Å². The molecule has 0 aliphatic heterocycles. The summed E-state index contributed by atoms with van der Waals surface area (Å²) in [6, 6.07) is 1.82. The molecular formula is C8H9N3O2. The second-order valence-electron chi connectivity index (χ2n) is 2.82. The van der Waals surface area contributed by atoms with Crippen LogP contribution in [0.1, 0.15) is 18.9 Å². The number of aryl methyl sites for hydroxylation is 1. The van der Waals surface area contributed by atoms with Crippen molar-refractivity contribution in [3.05, 3.63) is 23.0 Å². The van der Waals surface area contributed by atoms with Crippen molar-refractivity contribution >= 4 is 11.2 Å². The molecule has 0 saturated carbocycles. The Morgan fingerprint density at radius 1 is 1.62 bits per heavy atom. The lowest BCUT2D eigenvalue weighted by Gasteiger charge is -1.95. The third-order valence-corrected chi connectivity index (χ3v) is 1.89. The molecule has 0 saturated heterocycles. The molecule has 0 radical (unpaired) electrons. The molecule has 13 heavy (non-hydrogen) atoms. The fourth-order valence-corrected chi connectivity index (χ4v) is 1.33. The minimum absolute atomic E-state index is 0.376. The predicted octanol–water partition coefficient (Wildman–Crippen LogP) is 0.809. The molecule has 68 valence electrons. The van der Waals surface area contributed by atoms with Crippen LogP contribution < -0.4 is 4.90 Å². The van der Waals surface area contributed by atoms with Crippen LogP contribution in [0.15, 0.2) is 16.9 Å². The molecule has 0 fully saturated rings. The summed E-state index contributed by atoms with van der Waals surface area (Å²) >= 11 is 0. The molecule has 2 aromatic rings. The first-order chi connectivity index (χ1) is 6.33. The first-order valence-corrected chi connectivity index (χ1v) is 4.16. The number of nitrogens with zero attached hydrogens (tertiary/aromatic N) is 3. The summed E-state index contributed by atoms with van der Waals surface area (Å²) in [4.78, 5) is 4.33. The highest BCUT2D eigenvalue weighted by molar-refractivity contribution is 5.69. The molecule has 5 heteroatoms. The minimum atomic E-state index is 0.376. The Kier molecular flexibility index (Phi) is 1.84. The van der Waals surface area contributed by atoms with Crippen LogP contribution in [0.4, 0.5) is 0 Å². The van der Waals surface area contributed by atoms with Crippen LogP contribution in [0.3, 0.4) is 0 Å². The van der Waals surface area contributed by atoms with E-state index in [1.54, 1.807) is 6.20 Å². The summed E-state index contributed by atoms with van der Waals surface area (Å²) in [7, 11) is 0. The van der Waals surface area contributed by atoms with Crippen molar-refractivity contribution in [2.75, 3.05) is 0 Å². The van der Waals surface area contributed by atoms with Gasteiger partial charge in [0.1, 0.15) is 0 Å². The van der Waals surface area contributed by atoms with Crippen molar-refractivity contribution in [2.24, 2.45) is 0 Å². The average Bonchev–Trinajstić information content (AvgIpc) is 2.50. The van der Waals surface area contributed by atoms with E-state index in [9.17, 15) is 5.21 Å². The molecule has 0 atom stereocenters. The van der Waals surface area contributed by atoms with Crippen molar-refractivity contribution in [3.8, 4) is 0 Å². The summed E-state index contributed by atoms with van der Waals surface area (Å²) in [6.45, 7) is 2.05. The number of hydrogen-bond donors (Lipinski definition) is 0. The van der Waals surface area contributed by atoms with E-state index in [1.807, 2.05) is 6.07 Å². The Labute approximate surface area is 74.5 Å². The smallest absolute Gasteiger partial charge is 0.340 e. The molecule has 2 rings (SSSR count). The van der Waals surface area contributed by atoms with Gasteiger partial charge in [0.05, 0.1) is 5.16 Å². The van der Waals surface area contributed by atoms with Gasteiger partial charge in [0.2, 0.25) is 5.52 Å². The lowest BCUT2D eigenvalue weighted by Crippen LogP contribution is -2.23. The number of aromatic nitrogens is 3. The monoisotopic (exact) mass is 179 g/mol. The molecule has 0 spiro atoms. The van der Waals surface area contributed by atoms with Crippen molar-refractivity contribution in [3.63, 3.8) is 0 Å². The van der Waals surface area contributed by atoms with Crippen LogP contribution in [-0.4, -0.2) is 10.1 Å². The number of fused-ring (bicyclic) bond motifs is 1. The zero-order valence-electron chi connectivity index (χ0n) is 7.23. The second-order valence-corrected chi connectivity index (χ2v) is 2.82. The summed E-state index contributed by atoms with van der Waals surface area (Å²) in [5.41, 5.74) is 1.76. The van der Waals surface area contributed by atoms with Crippen molar-refractivity contribution < 1.29 is 9.53 Å². The molecule has 0 aliphatic rings. The lowest BCUT2D eigenvalue weighted by molar-refractivity contribution is -0.782. The highest BCUT2D eigenvalue weighted by Crippen LogP contribution is 2.11. The Morgan fingerprint density at radius 2 is 2.46 bits per heavy atom. The lowest BCUT2D eigenvalue weighted by atomic mass is 10.1. The van der Waals surface area contributed by atoms with Gasteiger partial charge in [-0.3, -0.25) is 4.63 Å². The van der Waals surface area contributed by atoms with Crippen molar-refractivity contribution in [1.29, 1.82) is 0 Å². The van der Waals surface area contributed by atoms with Crippen LogP contribution >= 0.6 is 0 Å². The van der Waals surface area contributed by atoms with Gasteiger partial charge < -0.3 is 5.21 Å². The van der Waals surface area contributed by atoms with Gasteiger partial charge in [0, 0.05) is 11.8 Å². The van der Waals surface area contributed by atoms with Crippen LogP contribution in [0, 0.1) is 5.21 Å². The van der Waals surface area contributed by atoms with E-state index < -0.39 is 0 Å². The predicted molar refractivity (Wildman–Crippen MR) is 44.8 cm³/mol. The molecule has 5 nitrogen and oxygen atoms in total. The zero-order valence-corrected chi connectivity index (χ0v) is 7.23. The molecular weight excluding hydrogens is 170 g/mol. The Bertz CT molecular complexity index is 424. The minimum Gasteiger partial charge on any atom is -0.359 e. The maximum atomic E-state index is 11.1. The maximum Gasteiger partial charge on any atom is 0.340 e. The largest absolute Gasteiger partial charge is 0.359 e. The zero-order chi connectivity index (χ0) is 9.26. The van der Waals surface area contributed by atoms with Gasteiger partial charge in [-0.15, -0.1) is 0 Å². The van der Waals surface area contributed by atoms with E-state index in [1.165, 1.54) is 0 Å². The third-order valence-electron chi connectivity index (χ3n) is 1.89. The van der Waals surface area contributed by atoms with Crippen LogP contribution in [0.5, 0.6) is 0 Å². The van der Waals surface area contributed by atoms with Crippen molar-refractivity contribution in [1.82, 2.24) is 10.1 Å². The average molecular weight is 179 g/mol. The molecule has 0 unspecified atom stereocenters. The Morgan fingerprint density at radius 3 is 3.23 bits per heavy atom. The standard InChI is InChI=1S/C8H9N3O2/c1-2-3-6-4-5-9-8-7(6)11(12)13-10-8/h4-5H,2-3H2,1H3. The number of rotatable bonds is 2. The topological polar surface area (TPSA) is 65.9 Å².